The molecule has 5 heteroatoms. The van der Waals surface area contributed by atoms with Gasteiger partial charge in [-0.1, -0.05) is 96.1 Å². The number of benzene rings is 3. The quantitative estimate of drug-likeness (QED) is 0.535. The van der Waals surface area contributed by atoms with E-state index in [1.165, 1.54) is 0 Å². The van der Waals surface area contributed by atoms with E-state index in [1.807, 2.05) is 23.3 Å². The van der Waals surface area contributed by atoms with Crippen LogP contribution >= 0.6 is 11.6 Å². The van der Waals surface area contributed by atoms with Crippen LogP contribution < -0.4 is 11.0 Å². The SMILES string of the molecule is ClCC1=NNN(C(c2ccccc2)(c2ccccc2)c2ccccc2)N1. The second kappa shape index (κ2) is 7.20. The van der Waals surface area contributed by atoms with Crippen molar-refractivity contribution in [2.24, 2.45) is 5.10 Å². The standard InChI is InChI=1S/C21H19ClN4/c22-16-20-23-25-26(24-20)21(17-10-4-1-5-11-17,18-12-6-2-7-13-18)19-14-8-3-9-15-19/h1-15,25H,16H2,(H,23,24). The summed E-state index contributed by atoms with van der Waals surface area (Å²) >= 11 is 6.00. The van der Waals surface area contributed by atoms with Crippen LogP contribution in [0.15, 0.2) is 96.1 Å². The van der Waals surface area contributed by atoms with Gasteiger partial charge in [0.25, 0.3) is 0 Å². The molecule has 4 rings (SSSR count). The lowest BCUT2D eigenvalue weighted by Crippen LogP contribution is -2.57. The molecule has 1 aliphatic heterocycles. The average Bonchev–Trinajstić information content (AvgIpc) is 3.21. The molecule has 26 heavy (non-hydrogen) atoms. The smallest absolute Gasteiger partial charge is 0.154 e. The number of hydrazine groups is 2. The van der Waals surface area contributed by atoms with Gasteiger partial charge in [0.05, 0.1) is 5.88 Å². The Morgan fingerprint density at radius 3 is 1.50 bits per heavy atom. The first-order valence-corrected chi connectivity index (χ1v) is 9.01. The molecule has 0 amide bonds. The topological polar surface area (TPSA) is 39.7 Å². The lowest BCUT2D eigenvalue weighted by atomic mass is 9.77. The summed E-state index contributed by atoms with van der Waals surface area (Å²) in [5.41, 5.74) is 9.16. The molecule has 0 radical (unpaired) electrons. The van der Waals surface area contributed by atoms with Crippen molar-refractivity contribution in [3.05, 3.63) is 108 Å². The van der Waals surface area contributed by atoms with Crippen molar-refractivity contribution in [3.8, 4) is 0 Å². The van der Waals surface area contributed by atoms with E-state index in [1.54, 1.807) is 0 Å². The number of nitrogens with zero attached hydrogens (tertiary/aromatic N) is 2. The third kappa shape index (κ3) is 2.73. The fourth-order valence-corrected chi connectivity index (χ4v) is 3.55. The van der Waals surface area contributed by atoms with Crippen LogP contribution in [0.5, 0.6) is 0 Å². The maximum Gasteiger partial charge on any atom is 0.154 e. The van der Waals surface area contributed by atoms with Crippen LogP contribution in [0.4, 0.5) is 0 Å². The number of hydrogen-bond donors (Lipinski definition) is 2. The highest BCUT2D eigenvalue weighted by Crippen LogP contribution is 2.41. The molecule has 130 valence electrons. The second-order valence-electron chi connectivity index (χ2n) is 6.05. The number of rotatable bonds is 5. The van der Waals surface area contributed by atoms with E-state index in [2.05, 4.69) is 88.9 Å². The lowest BCUT2D eigenvalue weighted by molar-refractivity contribution is 0.0759. The van der Waals surface area contributed by atoms with Gasteiger partial charge in [0.1, 0.15) is 5.54 Å². The monoisotopic (exact) mass is 362 g/mol. The minimum atomic E-state index is -0.624. The van der Waals surface area contributed by atoms with Crippen LogP contribution in [0.1, 0.15) is 16.7 Å². The van der Waals surface area contributed by atoms with Gasteiger partial charge in [-0.25, -0.2) is 5.53 Å². The molecule has 3 aromatic carbocycles. The van der Waals surface area contributed by atoms with Gasteiger partial charge in [0.15, 0.2) is 5.84 Å². The molecule has 3 aromatic rings. The summed E-state index contributed by atoms with van der Waals surface area (Å²) in [5, 5.41) is 6.25. The first-order chi connectivity index (χ1) is 12.9. The highest BCUT2D eigenvalue weighted by molar-refractivity contribution is 6.28. The van der Waals surface area contributed by atoms with Crippen molar-refractivity contribution < 1.29 is 0 Å². The van der Waals surface area contributed by atoms with Crippen LogP contribution in [0, 0.1) is 0 Å². The summed E-state index contributed by atoms with van der Waals surface area (Å²) < 4.78 is 0. The predicted molar refractivity (Wildman–Crippen MR) is 105 cm³/mol. The molecule has 1 aliphatic rings. The highest BCUT2D eigenvalue weighted by Gasteiger charge is 2.45. The van der Waals surface area contributed by atoms with Crippen molar-refractivity contribution in [2.45, 2.75) is 5.54 Å². The molecule has 0 atom stereocenters. The highest BCUT2D eigenvalue weighted by atomic mass is 35.5. The maximum absolute atomic E-state index is 6.00. The van der Waals surface area contributed by atoms with Crippen LogP contribution in [0.25, 0.3) is 0 Å². The molecule has 0 unspecified atom stereocenters. The van der Waals surface area contributed by atoms with Gasteiger partial charge >= 0.3 is 0 Å². The Morgan fingerprint density at radius 2 is 1.15 bits per heavy atom. The van der Waals surface area contributed by atoms with E-state index < -0.39 is 5.54 Å². The van der Waals surface area contributed by atoms with Gasteiger partial charge in [0, 0.05) is 0 Å². The summed E-state index contributed by atoms with van der Waals surface area (Å²) in [4.78, 5) is 0. The van der Waals surface area contributed by atoms with Crippen molar-refractivity contribution in [1.29, 1.82) is 0 Å². The van der Waals surface area contributed by atoms with Crippen molar-refractivity contribution in [1.82, 2.24) is 16.1 Å². The molecular formula is C21H19ClN4. The molecule has 0 fully saturated rings. The van der Waals surface area contributed by atoms with E-state index in [0.29, 0.717) is 11.7 Å². The Labute approximate surface area is 158 Å². The molecule has 0 saturated carbocycles. The van der Waals surface area contributed by atoms with Gasteiger partial charge < -0.3 is 0 Å². The van der Waals surface area contributed by atoms with Crippen molar-refractivity contribution in [2.75, 3.05) is 5.88 Å². The van der Waals surface area contributed by atoms with E-state index in [0.717, 1.165) is 16.7 Å². The average molecular weight is 363 g/mol. The molecular weight excluding hydrogens is 344 g/mol. The number of hydrogen-bond acceptors (Lipinski definition) is 4. The number of alkyl halides is 1. The molecule has 0 spiro atoms. The molecule has 2 N–H and O–H groups in total. The van der Waals surface area contributed by atoms with Crippen molar-refractivity contribution >= 4 is 17.4 Å². The van der Waals surface area contributed by atoms with Gasteiger partial charge in [-0.2, -0.15) is 0 Å². The van der Waals surface area contributed by atoms with Gasteiger partial charge in [-0.15, -0.1) is 16.7 Å². The van der Waals surface area contributed by atoms with Gasteiger partial charge in [-0.3, -0.25) is 5.43 Å². The fraction of sp³-hybridized carbons (Fsp3) is 0.0952. The number of nitrogens with one attached hydrogen (secondary N) is 2. The first-order valence-electron chi connectivity index (χ1n) is 8.47. The zero-order valence-corrected chi connectivity index (χ0v) is 14.9. The van der Waals surface area contributed by atoms with Crippen LogP contribution in [-0.2, 0) is 5.54 Å². The zero-order valence-electron chi connectivity index (χ0n) is 14.1. The van der Waals surface area contributed by atoms with Crippen LogP contribution in [-0.4, -0.2) is 16.8 Å². The van der Waals surface area contributed by atoms with Gasteiger partial charge in [0.2, 0.25) is 0 Å². The Kier molecular flexibility index (Phi) is 4.61. The predicted octanol–water partition coefficient (Wildman–Crippen LogP) is 3.86. The summed E-state index contributed by atoms with van der Waals surface area (Å²) in [6.45, 7) is 0. The van der Waals surface area contributed by atoms with E-state index >= 15 is 0 Å². The van der Waals surface area contributed by atoms with Crippen molar-refractivity contribution in [3.63, 3.8) is 0 Å². The first kappa shape index (κ1) is 16.6. The Morgan fingerprint density at radius 1 is 0.731 bits per heavy atom. The Bertz CT molecular complexity index is 785. The second-order valence-corrected chi connectivity index (χ2v) is 6.32. The fourth-order valence-electron chi connectivity index (χ4n) is 3.43. The number of hydrazone groups is 1. The zero-order chi connectivity index (χ0) is 17.8. The maximum atomic E-state index is 6.00. The van der Waals surface area contributed by atoms with Crippen LogP contribution in [0.2, 0.25) is 0 Å². The minimum Gasteiger partial charge on any atom is -0.284 e. The number of amidine groups is 1. The minimum absolute atomic E-state index is 0.304. The van der Waals surface area contributed by atoms with E-state index in [9.17, 15) is 0 Å². The summed E-state index contributed by atoms with van der Waals surface area (Å²) in [7, 11) is 0. The Hall–Kier alpha value is -2.82. The molecule has 1 heterocycles. The normalized spacial score (nSPS) is 14.4. The lowest BCUT2D eigenvalue weighted by Gasteiger charge is -2.42. The molecule has 0 aliphatic carbocycles. The molecule has 0 aromatic heterocycles. The van der Waals surface area contributed by atoms with Gasteiger partial charge in [-0.05, 0) is 16.7 Å². The third-order valence-corrected chi connectivity index (χ3v) is 4.82. The summed E-state index contributed by atoms with van der Waals surface area (Å²) in [6, 6.07) is 31.1. The molecule has 0 saturated heterocycles. The molecule has 0 bridgehead atoms. The van der Waals surface area contributed by atoms with Crippen LogP contribution in [0.3, 0.4) is 0 Å². The largest absolute Gasteiger partial charge is 0.284 e. The third-order valence-electron chi connectivity index (χ3n) is 4.56. The summed E-state index contributed by atoms with van der Waals surface area (Å²) in [5.74, 6) is 0.983. The number of halogens is 1. The Balaban J connectivity index is 1.98. The summed E-state index contributed by atoms with van der Waals surface area (Å²) in [6.07, 6.45) is 0. The molecule has 4 nitrogen and oxygen atoms in total. The van der Waals surface area contributed by atoms with E-state index in [-0.39, 0.29) is 0 Å². The van der Waals surface area contributed by atoms with E-state index in [4.69, 9.17) is 11.6 Å².